The van der Waals surface area contributed by atoms with Crippen LogP contribution >= 0.6 is 0 Å². The van der Waals surface area contributed by atoms with Gasteiger partial charge < -0.3 is 15.4 Å². The molecule has 1 saturated carbocycles. The van der Waals surface area contributed by atoms with Gasteiger partial charge in [-0.15, -0.1) is 0 Å². The molecule has 0 bridgehead atoms. The predicted molar refractivity (Wildman–Crippen MR) is 156 cm³/mol. The van der Waals surface area contributed by atoms with Crippen molar-refractivity contribution in [2.75, 3.05) is 23.9 Å². The molecule has 0 spiro atoms. The Morgan fingerprint density at radius 2 is 1.93 bits per heavy atom. The lowest BCUT2D eigenvalue weighted by molar-refractivity contribution is 0.142. The first-order chi connectivity index (χ1) is 19.8. The second-order valence-corrected chi connectivity index (χ2v) is 12.8. The number of rotatable bonds is 10. The van der Waals surface area contributed by atoms with Crippen LogP contribution in [0.4, 0.5) is 15.9 Å². The molecule has 0 saturated heterocycles. The van der Waals surface area contributed by atoms with Gasteiger partial charge in [0, 0.05) is 42.2 Å². The molecule has 12 heteroatoms. The second-order valence-electron chi connectivity index (χ2n) is 10.6. The highest BCUT2D eigenvalue weighted by molar-refractivity contribution is 7.90. The van der Waals surface area contributed by atoms with E-state index in [4.69, 9.17) is 4.74 Å². The van der Waals surface area contributed by atoms with E-state index >= 15 is 0 Å². The van der Waals surface area contributed by atoms with Gasteiger partial charge in [-0.25, -0.2) is 22.3 Å². The Bertz CT molecular complexity index is 1780. The molecule has 1 fully saturated rings. The van der Waals surface area contributed by atoms with E-state index in [1.807, 2.05) is 41.2 Å². The molecule has 3 heterocycles. The highest BCUT2D eigenvalue weighted by Crippen LogP contribution is 2.32. The molecule has 1 aliphatic rings. The number of halogens is 1. The lowest BCUT2D eigenvalue weighted by atomic mass is 9.93. The Balaban J connectivity index is 1.14. The van der Waals surface area contributed by atoms with Gasteiger partial charge in [0.2, 0.25) is 0 Å². The van der Waals surface area contributed by atoms with Gasteiger partial charge in [-0.3, -0.25) is 4.68 Å². The minimum Gasteiger partial charge on any atom is -0.488 e. The average molecular weight is 578 g/mol. The van der Waals surface area contributed by atoms with Gasteiger partial charge in [0.05, 0.1) is 30.1 Å². The van der Waals surface area contributed by atoms with Crippen molar-refractivity contribution in [3.05, 3.63) is 78.6 Å². The van der Waals surface area contributed by atoms with Gasteiger partial charge in [0.25, 0.3) is 0 Å². The molecule has 0 unspecified atom stereocenters. The van der Waals surface area contributed by atoms with Gasteiger partial charge in [0.15, 0.2) is 11.6 Å². The summed E-state index contributed by atoms with van der Waals surface area (Å²) in [6.45, 7) is 0.954. The normalized spacial score (nSPS) is 17.7. The number of hydrogen-bond acceptors (Lipinski definition) is 8. The third-order valence-corrected chi connectivity index (χ3v) is 8.36. The van der Waals surface area contributed by atoms with E-state index in [-0.39, 0.29) is 17.7 Å². The van der Waals surface area contributed by atoms with Crippen molar-refractivity contribution in [2.24, 2.45) is 0 Å². The Morgan fingerprint density at radius 1 is 1.07 bits per heavy atom. The standard InChI is InChI=1S/C29H32FN7O3S/c1-41(38,39)14-12-31-23-5-8-25(9-6-23)40-27-11-13-36-28(27)29(32-19-34-36)35-24-7-10-26-21(16-24)17-33-37(26)18-20-3-2-4-22(30)15-20/h2-4,7,10-11,13,15-17,19,23,25,31H,5-6,8-9,12,14,18H2,1H3,(H,32,34,35). The third-order valence-electron chi connectivity index (χ3n) is 7.42. The molecule has 1 aliphatic carbocycles. The third kappa shape index (κ3) is 6.49. The zero-order chi connectivity index (χ0) is 28.4. The minimum absolute atomic E-state index is 0.0579. The number of fused-ring (bicyclic) bond motifs is 2. The number of sulfone groups is 1. The molecular formula is C29H32FN7O3S. The second kappa shape index (κ2) is 11.5. The Morgan fingerprint density at radius 3 is 2.73 bits per heavy atom. The van der Waals surface area contributed by atoms with Crippen LogP contribution in [-0.4, -0.2) is 63.5 Å². The summed E-state index contributed by atoms with van der Waals surface area (Å²) in [5, 5.41) is 16.6. The van der Waals surface area contributed by atoms with E-state index in [2.05, 4.69) is 25.8 Å². The van der Waals surface area contributed by atoms with Crippen molar-refractivity contribution in [3.8, 4) is 5.75 Å². The summed E-state index contributed by atoms with van der Waals surface area (Å²) in [5.74, 6) is 1.23. The molecule has 5 aromatic rings. The van der Waals surface area contributed by atoms with Gasteiger partial charge >= 0.3 is 0 Å². The largest absolute Gasteiger partial charge is 0.488 e. The maximum absolute atomic E-state index is 13.6. The zero-order valence-electron chi connectivity index (χ0n) is 22.7. The highest BCUT2D eigenvalue weighted by Gasteiger charge is 2.24. The molecule has 0 amide bonds. The van der Waals surface area contributed by atoms with Gasteiger partial charge in [-0.05, 0) is 61.6 Å². The topological polar surface area (TPSA) is 115 Å². The van der Waals surface area contributed by atoms with E-state index in [0.29, 0.717) is 30.7 Å². The summed E-state index contributed by atoms with van der Waals surface area (Å²) in [7, 11) is -2.96. The quantitative estimate of drug-likeness (QED) is 0.252. The van der Waals surface area contributed by atoms with Gasteiger partial charge in [-0.1, -0.05) is 12.1 Å². The van der Waals surface area contributed by atoms with Crippen molar-refractivity contribution in [1.29, 1.82) is 0 Å². The molecular weight excluding hydrogens is 545 g/mol. The molecule has 0 aliphatic heterocycles. The fourth-order valence-corrected chi connectivity index (χ4v) is 5.85. The van der Waals surface area contributed by atoms with Crippen LogP contribution in [0.15, 0.2) is 67.3 Å². The van der Waals surface area contributed by atoms with Crippen LogP contribution in [0, 0.1) is 5.82 Å². The number of aromatic nitrogens is 5. The SMILES string of the molecule is CS(=O)(=O)CCNC1CCC(Oc2ccn3ncnc(Nc4ccc5c(cnn5Cc5cccc(F)c5)c4)c23)CC1. The van der Waals surface area contributed by atoms with E-state index in [0.717, 1.165) is 53.4 Å². The Kier molecular flexibility index (Phi) is 7.59. The predicted octanol–water partition coefficient (Wildman–Crippen LogP) is 4.33. The summed E-state index contributed by atoms with van der Waals surface area (Å²) in [5.41, 5.74) is 3.39. The fraction of sp³-hybridized carbons (Fsp3) is 0.345. The zero-order valence-corrected chi connectivity index (χ0v) is 23.5. The number of hydrogen-bond donors (Lipinski definition) is 2. The summed E-state index contributed by atoms with van der Waals surface area (Å²) < 4.78 is 46.4. The number of benzene rings is 2. The van der Waals surface area contributed by atoms with Crippen molar-refractivity contribution in [3.63, 3.8) is 0 Å². The van der Waals surface area contributed by atoms with Crippen LogP contribution in [0.25, 0.3) is 16.4 Å². The Hall–Kier alpha value is -4.03. The molecule has 0 radical (unpaired) electrons. The van der Waals surface area contributed by atoms with E-state index in [1.54, 1.807) is 16.8 Å². The number of nitrogens with zero attached hydrogens (tertiary/aromatic N) is 5. The van der Waals surface area contributed by atoms with Crippen molar-refractivity contribution < 1.29 is 17.5 Å². The molecule has 3 aromatic heterocycles. The maximum Gasteiger partial charge on any atom is 0.162 e. The Labute approximate surface area is 237 Å². The van der Waals surface area contributed by atoms with Crippen molar-refractivity contribution in [2.45, 2.75) is 44.4 Å². The lowest BCUT2D eigenvalue weighted by Gasteiger charge is -2.29. The molecule has 41 heavy (non-hydrogen) atoms. The fourth-order valence-electron chi connectivity index (χ4n) is 5.36. The molecule has 6 rings (SSSR count). The van der Waals surface area contributed by atoms with E-state index in [1.165, 1.54) is 24.7 Å². The van der Waals surface area contributed by atoms with Crippen LogP contribution in [0.5, 0.6) is 5.75 Å². The number of ether oxygens (including phenoxy) is 1. The van der Waals surface area contributed by atoms with Gasteiger partial charge in [-0.2, -0.15) is 10.2 Å². The minimum atomic E-state index is -2.96. The molecule has 2 aromatic carbocycles. The molecule has 2 N–H and O–H groups in total. The monoisotopic (exact) mass is 577 g/mol. The van der Waals surface area contributed by atoms with Crippen LogP contribution < -0.4 is 15.4 Å². The van der Waals surface area contributed by atoms with Crippen LogP contribution in [0.2, 0.25) is 0 Å². The molecule has 214 valence electrons. The van der Waals surface area contributed by atoms with Crippen molar-refractivity contribution in [1.82, 2.24) is 29.7 Å². The summed E-state index contributed by atoms with van der Waals surface area (Å²) in [4.78, 5) is 4.50. The molecule has 10 nitrogen and oxygen atoms in total. The number of anilines is 2. The van der Waals surface area contributed by atoms with Gasteiger partial charge in [0.1, 0.15) is 27.5 Å². The van der Waals surface area contributed by atoms with E-state index < -0.39 is 9.84 Å². The molecule has 0 atom stereocenters. The summed E-state index contributed by atoms with van der Waals surface area (Å²) >= 11 is 0. The highest BCUT2D eigenvalue weighted by atomic mass is 32.2. The summed E-state index contributed by atoms with van der Waals surface area (Å²) in [6, 6.07) is 14.7. The number of nitrogens with one attached hydrogen (secondary N) is 2. The van der Waals surface area contributed by atoms with Crippen LogP contribution in [-0.2, 0) is 16.4 Å². The first-order valence-corrected chi connectivity index (χ1v) is 15.7. The van der Waals surface area contributed by atoms with E-state index in [9.17, 15) is 12.8 Å². The van der Waals surface area contributed by atoms with Crippen molar-refractivity contribution >= 4 is 37.8 Å². The summed E-state index contributed by atoms with van der Waals surface area (Å²) in [6.07, 6.45) is 10.1. The maximum atomic E-state index is 13.6. The van der Waals surface area contributed by atoms with Crippen LogP contribution in [0.1, 0.15) is 31.2 Å². The van der Waals surface area contributed by atoms with Crippen LogP contribution in [0.3, 0.4) is 0 Å². The average Bonchev–Trinajstić information content (AvgIpc) is 3.53. The lowest BCUT2D eigenvalue weighted by Crippen LogP contribution is -2.38. The first kappa shape index (κ1) is 27.2. The first-order valence-electron chi connectivity index (χ1n) is 13.7. The smallest absolute Gasteiger partial charge is 0.162 e.